The molecule has 136 valence electrons. The number of hydrogen-bond acceptors (Lipinski definition) is 4. The van der Waals surface area contributed by atoms with E-state index in [4.69, 9.17) is 0 Å². The van der Waals surface area contributed by atoms with Crippen LogP contribution in [0.5, 0.6) is 0 Å². The summed E-state index contributed by atoms with van der Waals surface area (Å²) in [6.07, 6.45) is -0.162. The lowest BCUT2D eigenvalue weighted by Gasteiger charge is -2.57. The highest BCUT2D eigenvalue weighted by atomic mass is 16.3. The zero-order chi connectivity index (χ0) is 18.0. The molecule has 3 aliphatic rings. The molecule has 24 heavy (non-hydrogen) atoms. The van der Waals surface area contributed by atoms with Crippen molar-refractivity contribution in [3.63, 3.8) is 0 Å². The molecule has 0 aromatic rings. The summed E-state index contributed by atoms with van der Waals surface area (Å²) in [5.41, 5.74) is 1.74. The Kier molecular flexibility index (Phi) is 4.28. The van der Waals surface area contributed by atoms with E-state index >= 15 is 0 Å². The van der Waals surface area contributed by atoms with Gasteiger partial charge in [0, 0.05) is 5.92 Å². The van der Waals surface area contributed by atoms with E-state index in [-0.39, 0.29) is 17.3 Å². The molecule has 0 aliphatic heterocycles. The Labute approximate surface area is 144 Å². The van der Waals surface area contributed by atoms with E-state index in [0.717, 1.165) is 17.6 Å². The first-order valence-electron chi connectivity index (χ1n) is 9.13. The molecular weight excluding hydrogens is 304 g/mol. The summed E-state index contributed by atoms with van der Waals surface area (Å²) in [6.45, 7) is 12.2. The van der Waals surface area contributed by atoms with Crippen LogP contribution in [0, 0.1) is 22.7 Å². The molecule has 2 bridgehead atoms. The number of rotatable bonds is 0. The zero-order valence-corrected chi connectivity index (χ0v) is 15.3. The Morgan fingerprint density at radius 1 is 1.00 bits per heavy atom. The van der Waals surface area contributed by atoms with E-state index in [1.807, 2.05) is 6.92 Å². The second-order valence-corrected chi connectivity index (χ2v) is 9.15. The van der Waals surface area contributed by atoms with Crippen LogP contribution in [0.2, 0.25) is 0 Å². The van der Waals surface area contributed by atoms with Crippen molar-refractivity contribution in [2.45, 2.75) is 77.8 Å². The molecule has 0 aromatic heterocycles. The van der Waals surface area contributed by atoms with Crippen LogP contribution in [0.3, 0.4) is 0 Å². The summed E-state index contributed by atoms with van der Waals surface area (Å²) in [5.74, 6) is -0.431. The largest absolute Gasteiger partial charge is 0.392 e. The van der Waals surface area contributed by atoms with Gasteiger partial charge in [0.15, 0.2) is 0 Å². The van der Waals surface area contributed by atoms with Gasteiger partial charge in [0.05, 0.1) is 24.4 Å². The lowest BCUT2D eigenvalue weighted by molar-refractivity contribution is -0.0998. The van der Waals surface area contributed by atoms with Gasteiger partial charge in [-0.25, -0.2) is 0 Å². The quantitative estimate of drug-likeness (QED) is 0.511. The van der Waals surface area contributed by atoms with Crippen LogP contribution in [0.25, 0.3) is 0 Å². The summed E-state index contributed by atoms with van der Waals surface area (Å²) in [5, 5.41) is 43.2. The van der Waals surface area contributed by atoms with Gasteiger partial charge in [-0.05, 0) is 66.1 Å². The lowest BCUT2D eigenvalue weighted by atomic mass is 9.50. The van der Waals surface area contributed by atoms with Gasteiger partial charge in [-0.1, -0.05) is 27.4 Å². The Bertz CT molecular complexity index is 578. The van der Waals surface area contributed by atoms with Gasteiger partial charge in [0.2, 0.25) is 0 Å². The lowest BCUT2D eigenvalue weighted by Crippen LogP contribution is -2.56. The molecule has 0 heterocycles. The normalized spacial score (nSPS) is 48.6. The van der Waals surface area contributed by atoms with Crippen LogP contribution in [-0.2, 0) is 0 Å². The van der Waals surface area contributed by atoms with E-state index in [9.17, 15) is 20.4 Å². The molecule has 4 N–H and O–H groups in total. The smallest absolute Gasteiger partial charge is 0.0764 e. The van der Waals surface area contributed by atoms with Gasteiger partial charge in [-0.2, -0.15) is 0 Å². The molecule has 4 nitrogen and oxygen atoms in total. The zero-order valence-electron chi connectivity index (χ0n) is 15.3. The van der Waals surface area contributed by atoms with Crippen LogP contribution >= 0.6 is 0 Å². The van der Waals surface area contributed by atoms with Crippen molar-refractivity contribution in [3.05, 3.63) is 23.3 Å². The fourth-order valence-corrected chi connectivity index (χ4v) is 5.96. The minimum Gasteiger partial charge on any atom is -0.392 e. The highest BCUT2D eigenvalue weighted by Crippen LogP contribution is 2.58. The summed E-state index contributed by atoms with van der Waals surface area (Å²) in [6, 6.07) is 0. The van der Waals surface area contributed by atoms with Gasteiger partial charge in [-0.15, -0.1) is 0 Å². The first kappa shape index (κ1) is 18.1. The first-order valence-corrected chi connectivity index (χ1v) is 9.13. The van der Waals surface area contributed by atoms with Crippen molar-refractivity contribution in [2.75, 3.05) is 0 Å². The molecule has 3 aliphatic carbocycles. The van der Waals surface area contributed by atoms with E-state index in [1.165, 1.54) is 0 Å². The van der Waals surface area contributed by atoms with Crippen LogP contribution < -0.4 is 0 Å². The van der Waals surface area contributed by atoms with Crippen LogP contribution in [0.15, 0.2) is 23.3 Å². The van der Waals surface area contributed by atoms with E-state index in [0.29, 0.717) is 24.8 Å². The number of hydrogen-bond donors (Lipinski definition) is 4. The van der Waals surface area contributed by atoms with Crippen LogP contribution in [0.4, 0.5) is 0 Å². The number of aliphatic hydroxyl groups is 4. The molecule has 3 rings (SSSR count). The Morgan fingerprint density at radius 3 is 2.25 bits per heavy atom. The molecule has 2 saturated carbocycles. The minimum atomic E-state index is -0.683. The molecular formula is C20H32O4. The van der Waals surface area contributed by atoms with E-state index < -0.39 is 29.8 Å². The Balaban J connectivity index is 2.16. The van der Waals surface area contributed by atoms with Crippen molar-refractivity contribution >= 4 is 0 Å². The van der Waals surface area contributed by atoms with Gasteiger partial charge >= 0.3 is 0 Å². The summed E-state index contributed by atoms with van der Waals surface area (Å²) in [4.78, 5) is 0. The third kappa shape index (κ3) is 2.42. The highest BCUT2D eigenvalue weighted by molar-refractivity contribution is 5.34. The molecule has 0 aromatic carbocycles. The van der Waals surface area contributed by atoms with Crippen molar-refractivity contribution in [3.8, 4) is 0 Å². The minimum absolute atomic E-state index is 0.174. The van der Waals surface area contributed by atoms with Crippen molar-refractivity contribution < 1.29 is 20.4 Å². The third-order valence-corrected chi connectivity index (χ3v) is 7.34. The molecule has 7 atom stereocenters. The monoisotopic (exact) mass is 336 g/mol. The molecule has 0 spiro atoms. The second kappa shape index (κ2) is 5.66. The highest BCUT2D eigenvalue weighted by Gasteiger charge is 2.56. The van der Waals surface area contributed by atoms with Crippen LogP contribution in [-0.4, -0.2) is 44.8 Å². The molecule has 4 heteroatoms. The SMILES string of the molecule is C=C1[C@@H](O)CC[C@@]2(C)C[C@H](O)C3=C(C)[C@@H](O)C[C@@H]([C@@H](O)[C@H]12)C3(C)C. The van der Waals surface area contributed by atoms with Gasteiger partial charge in [-0.3, -0.25) is 0 Å². The number of fused-ring (bicyclic) bond motifs is 3. The Hall–Kier alpha value is -0.680. The maximum Gasteiger partial charge on any atom is 0.0764 e. The fraction of sp³-hybridized carbons (Fsp3) is 0.800. The van der Waals surface area contributed by atoms with Gasteiger partial charge in [0.25, 0.3) is 0 Å². The van der Waals surface area contributed by atoms with Crippen molar-refractivity contribution in [1.82, 2.24) is 0 Å². The first-order chi connectivity index (χ1) is 11.0. The predicted molar refractivity (Wildman–Crippen MR) is 93.2 cm³/mol. The molecule has 0 saturated heterocycles. The molecule has 2 fully saturated rings. The molecule has 0 radical (unpaired) electrons. The maximum absolute atomic E-state index is 11.3. The summed E-state index contributed by atoms with van der Waals surface area (Å²) < 4.78 is 0. The molecule has 0 unspecified atom stereocenters. The van der Waals surface area contributed by atoms with Gasteiger partial charge in [0.1, 0.15) is 0 Å². The average molecular weight is 336 g/mol. The Morgan fingerprint density at radius 2 is 1.62 bits per heavy atom. The number of aliphatic hydroxyl groups excluding tert-OH is 4. The van der Waals surface area contributed by atoms with E-state index in [2.05, 4.69) is 27.4 Å². The average Bonchev–Trinajstić information content (AvgIpc) is 2.46. The van der Waals surface area contributed by atoms with Crippen molar-refractivity contribution in [1.29, 1.82) is 0 Å². The summed E-state index contributed by atoms with van der Waals surface area (Å²) in [7, 11) is 0. The topological polar surface area (TPSA) is 80.9 Å². The van der Waals surface area contributed by atoms with Crippen LogP contribution in [0.1, 0.15) is 53.4 Å². The summed E-state index contributed by atoms with van der Waals surface area (Å²) >= 11 is 0. The second-order valence-electron chi connectivity index (χ2n) is 9.15. The predicted octanol–water partition coefficient (Wildman–Crippen LogP) is 2.17. The fourth-order valence-electron chi connectivity index (χ4n) is 5.96. The maximum atomic E-state index is 11.3. The third-order valence-electron chi connectivity index (χ3n) is 7.34. The molecule has 0 amide bonds. The van der Waals surface area contributed by atoms with Gasteiger partial charge < -0.3 is 20.4 Å². The van der Waals surface area contributed by atoms with E-state index in [1.54, 1.807) is 0 Å². The standard InChI is InChI=1S/C20H32O4/c1-10-13(21)6-7-20(5)9-15(23)16-11(2)14(22)8-12(19(16,3)4)18(24)17(10)20/h12-15,17-18,21-24H,1,6-9H2,2-5H3/t12-,13-,14-,15-,17-,18+,20-/m0/s1. The van der Waals surface area contributed by atoms with Crippen molar-refractivity contribution in [2.24, 2.45) is 22.7 Å².